The van der Waals surface area contributed by atoms with Gasteiger partial charge in [-0.25, -0.2) is 9.37 Å². The third-order valence-corrected chi connectivity index (χ3v) is 3.31. The lowest BCUT2D eigenvalue weighted by Crippen LogP contribution is -2.09. The molecule has 0 saturated carbocycles. The smallest absolute Gasteiger partial charge is 0.166 e. The number of halogens is 3. The maximum Gasteiger partial charge on any atom is 0.166 e. The minimum absolute atomic E-state index is 0.259. The van der Waals surface area contributed by atoms with Crippen LogP contribution in [-0.2, 0) is 0 Å². The summed E-state index contributed by atoms with van der Waals surface area (Å²) in [5, 5.41) is 3.24. The van der Waals surface area contributed by atoms with E-state index >= 15 is 0 Å². The molecular formula is C10H13BrClFN2. The molecule has 1 heterocycles. The second-order valence-electron chi connectivity index (χ2n) is 3.20. The first kappa shape index (κ1) is 12.7. The average Bonchev–Trinajstić information content (AvgIpc) is 2.21. The van der Waals surface area contributed by atoms with Gasteiger partial charge in [-0.2, -0.15) is 0 Å². The van der Waals surface area contributed by atoms with Crippen LogP contribution in [-0.4, -0.2) is 16.4 Å². The van der Waals surface area contributed by atoms with Gasteiger partial charge in [-0.3, -0.25) is 0 Å². The predicted molar refractivity (Wildman–Crippen MR) is 65.3 cm³/mol. The number of rotatable bonds is 5. The van der Waals surface area contributed by atoms with Gasteiger partial charge in [-0.15, -0.1) is 0 Å². The van der Waals surface area contributed by atoms with Crippen LogP contribution >= 0.6 is 27.5 Å². The van der Waals surface area contributed by atoms with Crippen molar-refractivity contribution in [2.24, 2.45) is 0 Å². The molecule has 0 aliphatic rings. The van der Waals surface area contributed by atoms with Crippen molar-refractivity contribution in [1.29, 1.82) is 0 Å². The molecular weight excluding hydrogens is 282 g/mol. The first-order valence-electron chi connectivity index (χ1n) is 4.82. The van der Waals surface area contributed by atoms with Crippen LogP contribution in [0, 0.1) is 5.82 Å². The molecule has 0 fully saturated rings. The van der Waals surface area contributed by atoms with Crippen LogP contribution in [0.3, 0.4) is 0 Å². The quantitative estimate of drug-likeness (QED) is 0.835. The van der Waals surface area contributed by atoms with Crippen LogP contribution in [0.15, 0.2) is 12.3 Å². The highest BCUT2D eigenvalue weighted by Crippen LogP contribution is 2.16. The molecule has 0 aromatic carbocycles. The molecule has 0 saturated heterocycles. The van der Waals surface area contributed by atoms with Crippen LogP contribution in [0.1, 0.15) is 19.8 Å². The summed E-state index contributed by atoms with van der Waals surface area (Å²) in [6, 6.07) is 1.25. The van der Waals surface area contributed by atoms with Crippen molar-refractivity contribution in [2.45, 2.75) is 24.6 Å². The van der Waals surface area contributed by atoms with Crippen LogP contribution < -0.4 is 5.32 Å². The van der Waals surface area contributed by atoms with E-state index in [0.29, 0.717) is 16.4 Å². The van der Waals surface area contributed by atoms with Crippen molar-refractivity contribution >= 4 is 33.3 Å². The zero-order valence-corrected chi connectivity index (χ0v) is 10.8. The van der Waals surface area contributed by atoms with E-state index in [1.807, 2.05) is 0 Å². The second-order valence-corrected chi connectivity index (χ2v) is 4.94. The predicted octanol–water partition coefficient (Wildman–Crippen LogP) is 3.85. The zero-order chi connectivity index (χ0) is 11.3. The SMILES string of the molecule is CCC(Br)CCNc1ncc(Cl)cc1F. The van der Waals surface area contributed by atoms with Crippen molar-refractivity contribution in [2.75, 3.05) is 11.9 Å². The Bertz CT molecular complexity index is 322. The summed E-state index contributed by atoms with van der Waals surface area (Å²) in [5.74, 6) is -0.152. The Morgan fingerprint density at radius 1 is 1.67 bits per heavy atom. The van der Waals surface area contributed by atoms with Gasteiger partial charge >= 0.3 is 0 Å². The van der Waals surface area contributed by atoms with Crippen molar-refractivity contribution in [3.05, 3.63) is 23.1 Å². The van der Waals surface area contributed by atoms with Crippen LogP contribution in [0.4, 0.5) is 10.2 Å². The first-order chi connectivity index (χ1) is 7.13. The van der Waals surface area contributed by atoms with Crippen LogP contribution in [0.5, 0.6) is 0 Å². The fourth-order valence-electron chi connectivity index (χ4n) is 1.10. The molecule has 0 spiro atoms. The molecule has 0 radical (unpaired) electrons. The van der Waals surface area contributed by atoms with E-state index in [1.165, 1.54) is 12.3 Å². The molecule has 1 N–H and O–H groups in total. The Morgan fingerprint density at radius 2 is 2.40 bits per heavy atom. The summed E-state index contributed by atoms with van der Waals surface area (Å²) in [4.78, 5) is 4.33. The normalized spacial score (nSPS) is 12.5. The highest BCUT2D eigenvalue weighted by molar-refractivity contribution is 9.09. The van der Waals surface area contributed by atoms with Gasteiger partial charge in [0.15, 0.2) is 11.6 Å². The number of pyridine rings is 1. The summed E-state index contributed by atoms with van der Waals surface area (Å²) in [7, 11) is 0. The Balaban J connectivity index is 2.44. The molecule has 15 heavy (non-hydrogen) atoms. The lowest BCUT2D eigenvalue weighted by atomic mass is 10.2. The lowest BCUT2D eigenvalue weighted by Gasteiger charge is -2.09. The molecule has 5 heteroatoms. The van der Waals surface area contributed by atoms with Gasteiger partial charge in [0.1, 0.15) is 0 Å². The Kier molecular flexibility index (Phi) is 5.32. The molecule has 1 aromatic rings. The zero-order valence-electron chi connectivity index (χ0n) is 8.43. The van der Waals surface area contributed by atoms with Gasteiger partial charge in [-0.05, 0) is 18.9 Å². The number of anilines is 1. The summed E-state index contributed by atoms with van der Waals surface area (Å²) in [5.41, 5.74) is 0. The van der Waals surface area contributed by atoms with E-state index in [0.717, 1.165) is 12.8 Å². The van der Waals surface area contributed by atoms with Gasteiger partial charge in [-0.1, -0.05) is 34.5 Å². The molecule has 0 aliphatic heterocycles. The van der Waals surface area contributed by atoms with E-state index in [-0.39, 0.29) is 5.82 Å². The molecule has 1 atom stereocenters. The number of nitrogens with one attached hydrogen (secondary N) is 1. The van der Waals surface area contributed by atoms with E-state index in [1.54, 1.807) is 0 Å². The second kappa shape index (κ2) is 6.28. The molecule has 0 amide bonds. The Morgan fingerprint density at radius 3 is 3.00 bits per heavy atom. The Hall–Kier alpha value is -0.350. The molecule has 0 aliphatic carbocycles. The maximum atomic E-state index is 13.2. The van der Waals surface area contributed by atoms with E-state index in [4.69, 9.17) is 11.6 Å². The topological polar surface area (TPSA) is 24.9 Å². The van der Waals surface area contributed by atoms with Crippen LogP contribution in [0.25, 0.3) is 0 Å². The van der Waals surface area contributed by atoms with Gasteiger partial charge in [0, 0.05) is 17.6 Å². The van der Waals surface area contributed by atoms with Gasteiger partial charge in [0.2, 0.25) is 0 Å². The monoisotopic (exact) mass is 294 g/mol. The molecule has 1 rings (SSSR count). The van der Waals surface area contributed by atoms with E-state index < -0.39 is 5.82 Å². The van der Waals surface area contributed by atoms with E-state index in [9.17, 15) is 4.39 Å². The van der Waals surface area contributed by atoms with Gasteiger partial charge in [0.25, 0.3) is 0 Å². The summed E-state index contributed by atoms with van der Waals surface area (Å²) in [6.07, 6.45) is 3.41. The molecule has 1 unspecified atom stereocenters. The summed E-state index contributed by atoms with van der Waals surface area (Å²) < 4.78 is 13.2. The van der Waals surface area contributed by atoms with E-state index in [2.05, 4.69) is 33.2 Å². The number of alkyl halides is 1. The highest BCUT2D eigenvalue weighted by atomic mass is 79.9. The van der Waals surface area contributed by atoms with Gasteiger partial charge in [0.05, 0.1) is 5.02 Å². The fraction of sp³-hybridized carbons (Fsp3) is 0.500. The minimum atomic E-state index is -0.412. The fourth-order valence-corrected chi connectivity index (χ4v) is 1.47. The van der Waals surface area contributed by atoms with Crippen molar-refractivity contribution < 1.29 is 4.39 Å². The maximum absolute atomic E-state index is 13.2. The summed E-state index contributed by atoms with van der Waals surface area (Å²) in [6.45, 7) is 2.79. The third kappa shape index (κ3) is 4.34. The lowest BCUT2D eigenvalue weighted by molar-refractivity contribution is 0.623. The minimum Gasteiger partial charge on any atom is -0.368 e. The molecule has 0 bridgehead atoms. The largest absolute Gasteiger partial charge is 0.368 e. The molecule has 84 valence electrons. The Labute approximate surface area is 102 Å². The standard InChI is InChI=1S/C10H13BrClFN2/c1-2-7(11)3-4-14-10-9(13)5-8(12)6-15-10/h5-7H,2-4H2,1H3,(H,14,15). The van der Waals surface area contributed by atoms with Gasteiger partial charge < -0.3 is 5.32 Å². The number of hydrogen-bond donors (Lipinski definition) is 1. The van der Waals surface area contributed by atoms with Crippen molar-refractivity contribution in [1.82, 2.24) is 4.98 Å². The molecule has 1 aromatic heterocycles. The molecule has 2 nitrogen and oxygen atoms in total. The average molecular weight is 296 g/mol. The number of aromatic nitrogens is 1. The first-order valence-corrected chi connectivity index (χ1v) is 6.11. The number of hydrogen-bond acceptors (Lipinski definition) is 2. The van der Waals surface area contributed by atoms with Crippen molar-refractivity contribution in [3.8, 4) is 0 Å². The summed E-state index contributed by atoms with van der Waals surface area (Å²) >= 11 is 9.09. The third-order valence-electron chi connectivity index (χ3n) is 2.00. The van der Waals surface area contributed by atoms with Crippen LogP contribution in [0.2, 0.25) is 5.02 Å². The number of nitrogens with zero attached hydrogens (tertiary/aromatic N) is 1. The van der Waals surface area contributed by atoms with Crippen molar-refractivity contribution in [3.63, 3.8) is 0 Å². The highest BCUT2D eigenvalue weighted by Gasteiger charge is 2.05.